The molecule has 3 nitrogen and oxygen atoms in total. The second-order valence-corrected chi connectivity index (χ2v) is 6.13. The van der Waals surface area contributed by atoms with Crippen LogP contribution in [0.15, 0.2) is 48.8 Å². The van der Waals surface area contributed by atoms with E-state index in [2.05, 4.69) is 11.9 Å². The summed E-state index contributed by atoms with van der Waals surface area (Å²) in [5, 5.41) is 0.742. The van der Waals surface area contributed by atoms with Gasteiger partial charge in [0, 0.05) is 30.9 Å². The highest BCUT2D eigenvalue weighted by atomic mass is 35.5. The Balaban J connectivity index is 1.87. The summed E-state index contributed by atoms with van der Waals surface area (Å²) in [7, 11) is 1.88. The highest BCUT2D eigenvalue weighted by Gasteiger charge is 2.19. The van der Waals surface area contributed by atoms with Crippen LogP contribution in [0.1, 0.15) is 43.4 Å². The Morgan fingerprint density at radius 2 is 2.00 bits per heavy atom. The minimum atomic E-state index is 0.0896. The summed E-state index contributed by atoms with van der Waals surface area (Å²) < 4.78 is 0. The molecule has 0 N–H and O–H groups in total. The van der Waals surface area contributed by atoms with Crippen LogP contribution in [0.3, 0.4) is 0 Å². The molecule has 2 aromatic rings. The lowest BCUT2D eigenvalue weighted by Crippen LogP contribution is -2.30. The number of rotatable bonds is 7. The normalized spacial score (nSPS) is 12.0. The SMILES string of the molecule is CC[C@H](c1cccnc1)N(C)C(=O)CCCc1ccc(Cl)cc1. The Bertz CT molecular complexity index is 613. The first-order valence-electron chi connectivity index (χ1n) is 8.02. The van der Waals surface area contributed by atoms with Gasteiger partial charge in [0.1, 0.15) is 0 Å². The lowest BCUT2D eigenvalue weighted by Gasteiger charge is -2.27. The molecule has 0 saturated heterocycles. The summed E-state index contributed by atoms with van der Waals surface area (Å²) in [5.74, 6) is 0.176. The molecule has 2 rings (SSSR count). The van der Waals surface area contributed by atoms with Gasteiger partial charge in [-0.3, -0.25) is 9.78 Å². The molecule has 1 atom stereocenters. The summed E-state index contributed by atoms with van der Waals surface area (Å²) in [6.07, 6.45) is 6.76. The van der Waals surface area contributed by atoms with Gasteiger partial charge in [-0.1, -0.05) is 36.7 Å². The number of halogens is 1. The summed E-state index contributed by atoms with van der Waals surface area (Å²) in [4.78, 5) is 18.4. The van der Waals surface area contributed by atoms with Crippen LogP contribution in [0, 0.1) is 0 Å². The molecule has 0 saturated carbocycles. The smallest absolute Gasteiger partial charge is 0.222 e. The van der Waals surface area contributed by atoms with Crippen molar-refractivity contribution in [3.63, 3.8) is 0 Å². The van der Waals surface area contributed by atoms with Crippen LogP contribution in [-0.4, -0.2) is 22.8 Å². The second kappa shape index (κ2) is 8.68. The van der Waals surface area contributed by atoms with Gasteiger partial charge in [0.25, 0.3) is 0 Å². The van der Waals surface area contributed by atoms with E-state index in [1.807, 2.05) is 54.5 Å². The van der Waals surface area contributed by atoms with Gasteiger partial charge in [-0.15, -0.1) is 0 Å². The Hall–Kier alpha value is -1.87. The van der Waals surface area contributed by atoms with E-state index >= 15 is 0 Å². The van der Waals surface area contributed by atoms with E-state index in [9.17, 15) is 4.79 Å². The Labute approximate surface area is 143 Å². The van der Waals surface area contributed by atoms with Crippen molar-refractivity contribution in [3.8, 4) is 0 Å². The molecule has 0 radical (unpaired) electrons. The maximum Gasteiger partial charge on any atom is 0.222 e. The molecule has 0 aliphatic carbocycles. The zero-order chi connectivity index (χ0) is 16.7. The maximum absolute atomic E-state index is 12.4. The second-order valence-electron chi connectivity index (χ2n) is 5.70. The number of carbonyl (C=O) groups excluding carboxylic acids is 1. The number of aryl methyl sites for hydroxylation is 1. The Morgan fingerprint density at radius 3 is 2.61 bits per heavy atom. The first-order valence-corrected chi connectivity index (χ1v) is 8.39. The Kier molecular flexibility index (Phi) is 6.60. The highest BCUT2D eigenvalue weighted by molar-refractivity contribution is 6.30. The van der Waals surface area contributed by atoms with Crippen molar-refractivity contribution in [3.05, 3.63) is 64.9 Å². The predicted molar refractivity (Wildman–Crippen MR) is 94.4 cm³/mol. The van der Waals surface area contributed by atoms with E-state index in [1.165, 1.54) is 5.56 Å². The van der Waals surface area contributed by atoms with Crippen molar-refractivity contribution in [2.45, 2.75) is 38.6 Å². The van der Waals surface area contributed by atoms with E-state index in [-0.39, 0.29) is 11.9 Å². The predicted octanol–water partition coefficient (Wildman–Crippen LogP) is 4.67. The van der Waals surface area contributed by atoms with Crippen molar-refractivity contribution in [1.82, 2.24) is 9.88 Å². The quantitative estimate of drug-likeness (QED) is 0.739. The number of pyridine rings is 1. The van der Waals surface area contributed by atoms with Gasteiger partial charge in [0.2, 0.25) is 5.91 Å². The molecule has 0 bridgehead atoms. The first kappa shape index (κ1) is 17.5. The third-order valence-electron chi connectivity index (χ3n) is 4.09. The molecule has 1 heterocycles. The van der Waals surface area contributed by atoms with Crippen molar-refractivity contribution < 1.29 is 4.79 Å². The standard InChI is InChI=1S/C19H23ClN2O/c1-3-18(16-7-5-13-21-14-16)22(2)19(23)8-4-6-15-9-11-17(20)12-10-15/h5,7,9-14,18H,3-4,6,8H2,1-2H3/t18-/m1/s1. The lowest BCUT2D eigenvalue weighted by molar-refractivity contribution is -0.132. The van der Waals surface area contributed by atoms with E-state index < -0.39 is 0 Å². The van der Waals surface area contributed by atoms with Gasteiger partial charge in [-0.25, -0.2) is 0 Å². The van der Waals surface area contributed by atoms with Gasteiger partial charge < -0.3 is 4.90 Å². The van der Waals surface area contributed by atoms with Crippen LogP contribution in [0.2, 0.25) is 5.02 Å². The van der Waals surface area contributed by atoms with Crippen molar-refractivity contribution in [2.24, 2.45) is 0 Å². The van der Waals surface area contributed by atoms with Crippen LogP contribution in [0.5, 0.6) is 0 Å². The number of amides is 1. The minimum Gasteiger partial charge on any atom is -0.339 e. The number of carbonyl (C=O) groups is 1. The number of hydrogen-bond acceptors (Lipinski definition) is 2. The van der Waals surface area contributed by atoms with Crippen molar-refractivity contribution in [2.75, 3.05) is 7.05 Å². The first-order chi connectivity index (χ1) is 11.1. The molecule has 122 valence electrons. The maximum atomic E-state index is 12.4. The molecule has 4 heteroatoms. The van der Waals surface area contributed by atoms with Crippen LogP contribution in [-0.2, 0) is 11.2 Å². The molecule has 0 fully saturated rings. The van der Waals surface area contributed by atoms with Gasteiger partial charge in [-0.05, 0) is 48.6 Å². The fraction of sp³-hybridized carbons (Fsp3) is 0.368. The van der Waals surface area contributed by atoms with Crippen LogP contribution < -0.4 is 0 Å². The van der Waals surface area contributed by atoms with Crippen molar-refractivity contribution in [1.29, 1.82) is 0 Å². The minimum absolute atomic E-state index is 0.0896. The van der Waals surface area contributed by atoms with Gasteiger partial charge >= 0.3 is 0 Å². The summed E-state index contributed by atoms with van der Waals surface area (Å²) >= 11 is 5.88. The molecule has 1 aromatic heterocycles. The van der Waals surface area contributed by atoms with Gasteiger partial charge in [0.05, 0.1) is 6.04 Å². The Morgan fingerprint density at radius 1 is 1.26 bits per heavy atom. The van der Waals surface area contributed by atoms with E-state index in [0.29, 0.717) is 6.42 Å². The average molecular weight is 331 g/mol. The third-order valence-corrected chi connectivity index (χ3v) is 4.34. The molecule has 1 amide bonds. The van der Waals surface area contributed by atoms with E-state index in [0.717, 1.165) is 29.8 Å². The van der Waals surface area contributed by atoms with Crippen LogP contribution in [0.25, 0.3) is 0 Å². The molecular formula is C19H23ClN2O. The van der Waals surface area contributed by atoms with Crippen LogP contribution >= 0.6 is 11.6 Å². The topological polar surface area (TPSA) is 33.2 Å². The lowest BCUT2D eigenvalue weighted by atomic mass is 10.0. The molecule has 0 unspecified atom stereocenters. The average Bonchev–Trinajstić information content (AvgIpc) is 2.58. The summed E-state index contributed by atoms with van der Waals surface area (Å²) in [6, 6.07) is 11.8. The fourth-order valence-electron chi connectivity index (χ4n) is 2.75. The highest BCUT2D eigenvalue weighted by Crippen LogP contribution is 2.23. The third kappa shape index (κ3) is 5.07. The largest absolute Gasteiger partial charge is 0.339 e. The molecule has 0 spiro atoms. The molecular weight excluding hydrogens is 308 g/mol. The van der Waals surface area contributed by atoms with Gasteiger partial charge in [0.15, 0.2) is 0 Å². The van der Waals surface area contributed by atoms with E-state index in [1.54, 1.807) is 6.20 Å². The van der Waals surface area contributed by atoms with Gasteiger partial charge in [-0.2, -0.15) is 0 Å². The number of benzene rings is 1. The molecule has 23 heavy (non-hydrogen) atoms. The number of aromatic nitrogens is 1. The summed E-state index contributed by atoms with van der Waals surface area (Å²) in [5.41, 5.74) is 2.30. The zero-order valence-corrected chi connectivity index (χ0v) is 14.5. The molecule has 0 aliphatic heterocycles. The molecule has 1 aromatic carbocycles. The van der Waals surface area contributed by atoms with E-state index in [4.69, 9.17) is 11.6 Å². The molecule has 0 aliphatic rings. The zero-order valence-electron chi connectivity index (χ0n) is 13.7. The number of nitrogens with zero attached hydrogens (tertiary/aromatic N) is 2. The van der Waals surface area contributed by atoms with Crippen LogP contribution in [0.4, 0.5) is 0 Å². The fourth-order valence-corrected chi connectivity index (χ4v) is 2.88. The number of hydrogen-bond donors (Lipinski definition) is 0. The summed E-state index contributed by atoms with van der Waals surface area (Å²) in [6.45, 7) is 2.09. The van der Waals surface area contributed by atoms with Crippen molar-refractivity contribution >= 4 is 17.5 Å². The monoisotopic (exact) mass is 330 g/mol.